The van der Waals surface area contributed by atoms with Crippen molar-refractivity contribution in [3.63, 3.8) is 0 Å². The van der Waals surface area contributed by atoms with E-state index in [9.17, 15) is 9.18 Å². The fourth-order valence-electron chi connectivity index (χ4n) is 4.38. The molecule has 2 aliphatic rings. The fourth-order valence-corrected chi connectivity index (χ4v) is 4.38. The number of aromatic nitrogens is 1. The third kappa shape index (κ3) is 5.36. The van der Waals surface area contributed by atoms with E-state index >= 15 is 0 Å². The maximum absolute atomic E-state index is 14.0. The van der Waals surface area contributed by atoms with Gasteiger partial charge >= 0.3 is 0 Å². The van der Waals surface area contributed by atoms with Gasteiger partial charge in [-0.05, 0) is 42.5 Å². The van der Waals surface area contributed by atoms with Crippen LogP contribution in [-0.4, -0.2) is 61.0 Å². The second kappa shape index (κ2) is 10.4. The molecular formula is C24H31FN6O. The summed E-state index contributed by atoms with van der Waals surface area (Å²) in [5.41, 5.74) is 2.61. The van der Waals surface area contributed by atoms with Crippen molar-refractivity contribution in [3.8, 4) is 0 Å². The molecule has 1 fully saturated rings. The third-order valence-corrected chi connectivity index (χ3v) is 6.13. The number of halogens is 1. The molecule has 170 valence electrons. The predicted molar refractivity (Wildman–Crippen MR) is 124 cm³/mol. The minimum atomic E-state index is -0.294. The van der Waals surface area contributed by atoms with Gasteiger partial charge in [-0.1, -0.05) is 24.3 Å². The summed E-state index contributed by atoms with van der Waals surface area (Å²) >= 11 is 0. The van der Waals surface area contributed by atoms with E-state index in [4.69, 9.17) is 0 Å². The Morgan fingerprint density at radius 1 is 1.22 bits per heavy atom. The van der Waals surface area contributed by atoms with Crippen LogP contribution < -0.4 is 15.5 Å². The standard InChI is InChI=1S/C24H31FN6O/c1-26-24(29-20-11-15-31(17-20)23-21(25)8-4-12-27-23)28-13-5-9-22(32)30-14-10-18-6-2-3-7-19(18)16-30/h2-4,6-8,12,20H,5,9-11,13-17H2,1H3,(H2,26,28,29). The van der Waals surface area contributed by atoms with Crippen LogP contribution >= 0.6 is 0 Å². The highest BCUT2D eigenvalue weighted by molar-refractivity contribution is 5.80. The Hall–Kier alpha value is -3.16. The zero-order valence-electron chi connectivity index (χ0n) is 18.6. The van der Waals surface area contributed by atoms with E-state index in [-0.39, 0.29) is 17.8 Å². The number of carbonyl (C=O) groups is 1. The summed E-state index contributed by atoms with van der Waals surface area (Å²) in [4.78, 5) is 25.0. The van der Waals surface area contributed by atoms with Crippen LogP contribution in [0.2, 0.25) is 0 Å². The van der Waals surface area contributed by atoms with Crippen molar-refractivity contribution in [1.29, 1.82) is 0 Å². The molecule has 1 atom stereocenters. The largest absolute Gasteiger partial charge is 0.356 e. The molecule has 0 radical (unpaired) electrons. The maximum atomic E-state index is 14.0. The first-order chi connectivity index (χ1) is 15.6. The normalized spacial score (nSPS) is 18.4. The molecule has 2 N–H and O–H groups in total. The van der Waals surface area contributed by atoms with E-state index < -0.39 is 0 Å². The monoisotopic (exact) mass is 438 g/mol. The number of rotatable bonds is 6. The number of carbonyl (C=O) groups excluding carboxylic acids is 1. The number of anilines is 1. The lowest BCUT2D eigenvalue weighted by atomic mass is 9.99. The lowest BCUT2D eigenvalue weighted by molar-refractivity contribution is -0.132. The van der Waals surface area contributed by atoms with Crippen molar-refractivity contribution >= 4 is 17.7 Å². The molecule has 32 heavy (non-hydrogen) atoms. The van der Waals surface area contributed by atoms with Crippen molar-refractivity contribution in [2.75, 3.05) is 38.1 Å². The number of guanidine groups is 1. The lowest BCUT2D eigenvalue weighted by Crippen LogP contribution is -2.45. The van der Waals surface area contributed by atoms with E-state index in [0.717, 1.165) is 32.4 Å². The van der Waals surface area contributed by atoms with Crippen LogP contribution in [0.4, 0.5) is 10.2 Å². The van der Waals surface area contributed by atoms with Crippen molar-refractivity contribution < 1.29 is 9.18 Å². The van der Waals surface area contributed by atoms with Gasteiger partial charge in [0.05, 0.1) is 0 Å². The van der Waals surface area contributed by atoms with E-state index in [0.29, 0.717) is 37.8 Å². The second-order valence-corrected chi connectivity index (χ2v) is 8.32. The quantitative estimate of drug-likeness (QED) is 0.412. The van der Waals surface area contributed by atoms with E-state index in [1.807, 2.05) is 15.9 Å². The first kappa shape index (κ1) is 22.0. The topological polar surface area (TPSA) is 72.9 Å². The van der Waals surface area contributed by atoms with Crippen LogP contribution in [0, 0.1) is 5.82 Å². The van der Waals surface area contributed by atoms with Crippen molar-refractivity contribution in [1.82, 2.24) is 20.5 Å². The Bertz CT molecular complexity index is 965. The van der Waals surface area contributed by atoms with Gasteiger partial charge in [-0.3, -0.25) is 9.79 Å². The molecule has 7 nitrogen and oxygen atoms in total. The Morgan fingerprint density at radius 3 is 2.88 bits per heavy atom. The van der Waals surface area contributed by atoms with Crippen molar-refractivity contribution in [2.45, 2.75) is 38.3 Å². The van der Waals surface area contributed by atoms with Gasteiger partial charge in [0.15, 0.2) is 17.6 Å². The van der Waals surface area contributed by atoms with E-state index in [1.54, 1.807) is 19.3 Å². The van der Waals surface area contributed by atoms with Gasteiger partial charge in [-0.2, -0.15) is 0 Å². The number of amides is 1. The Balaban J connectivity index is 1.17. The van der Waals surface area contributed by atoms with Crippen LogP contribution in [-0.2, 0) is 17.8 Å². The zero-order valence-corrected chi connectivity index (χ0v) is 18.6. The molecule has 2 aromatic rings. The number of fused-ring (bicyclic) bond motifs is 1. The predicted octanol–water partition coefficient (Wildman–Crippen LogP) is 2.33. The molecule has 2 aliphatic heterocycles. The highest BCUT2D eigenvalue weighted by Gasteiger charge is 2.26. The number of nitrogens with zero attached hydrogens (tertiary/aromatic N) is 4. The molecule has 0 bridgehead atoms. The molecule has 1 saturated heterocycles. The molecule has 1 aromatic heterocycles. The summed E-state index contributed by atoms with van der Waals surface area (Å²) < 4.78 is 14.0. The van der Waals surface area contributed by atoms with Crippen molar-refractivity contribution in [2.24, 2.45) is 4.99 Å². The maximum Gasteiger partial charge on any atom is 0.222 e. The average molecular weight is 439 g/mol. The van der Waals surface area contributed by atoms with Crippen LogP contribution in [0.1, 0.15) is 30.4 Å². The number of hydrogen-bond acceptors (Lipinski definition) is 4. The Labute approximate surface area is 188 Å². The fraction of sp³-hybridized carbons (Fsp3) is 0.458. The summed E-state index contributed by atoms with van der Waals surface area (Å²) in [7, 11) is 1.73. The molecule has 4 rings (SSSR count). The van der Waals surface area contributed by atoms with Crippen molar-refractivity contribution in [3.05, 3.63) is 59.5 Å². The molecule has 1 unspecified atom stereocenters. The number of nitrogens with one attached hydrogen (secondary N) is 2. The van der Waals surface area contributed by atoms with Crippen LogP contribution in [0.3, 0.4) is 0 Å². The average Bonchev–Trinajstić information content (AvgIpc) is 3.29. The summed E-state index contributed by atoms with van der Waals surface area (Å²) in [5, 5.41) is 6.70. The summed E-state index contributed by atoms with van der Waals surface area (Å²) in [6.07, 6.45) is 4.68. The smallest absolute Gasteiger partial charge is 0.222 e. The SMILES string of the molecule is CN=C(NCCCC(=O)N1CCc2ccccc2C1)NC1CCN(c2ncccc2F)C1. The van der Waals surface area contributed by atoms with Gasteiger partial charge in [0.2, 0.25) is 5.91 Å². The Morgan fingerprint density at radius 2 is 2.06 bits per heavy atom. The van der Waals surface area contributed by atoms with Gasteiger partial charge in [0.1, 0.15) is 0 Å². The highest BCUT2D eigenvalue weighted by Crippen LogP contribution is 2.21. The first-order valence-corrected chi connectivity index (χ1v) is 11.3. The number of aliphatic imine (C=N–C) groups is 1. The molecule has 1 amide bonds. The molecule has 0 spiro atoms. The molecule has 8 heteroatoms. The number of benzene rings is 1. The summed E-state index contributed by atoms with van der Waals surface area (Å²) in [6, 6.07) is 11.6. The number of hydrogen-bond donors (Lipinski definition) is 2. The van der Waals surface area contributed by atoms with Crippen LogP contribution in [0.5, 0.6) is 0 Å². The van der Waals surface area contributed by atoms with E-state index in [1.165, 1.54) is 17.2 Å². The van der Waals surface area contributed by atoms with Gasteiger partial charge < -0.3 is 20.4 Å². The number of pyridine rings is 1. The van der Waals surface area contributed by atoms with Gasteiger partial charge in [0.25, 0.3) is 0 Å². The molecule has 3 heterocycles. The molecular weight excluding hydrogens is 407 g/mol. The van der Waals surface area contributed by atoms with Gasteiger partial charge in [-0.15, -0.1) is 0 Å². The van der Waals surface area contributed by atoms with Gasteiger partial charge in [-0.25, -0.2) is 9.37 Å². The first-order valence-electron chi connectivity index (χ1n) is 11.3. The van der Waals surface area contributed by atoms with Crippen LogP contribution in [0.25, 0.3) is 0 Å². The van der Waals surface area contributed by atoms with Crippen LogP contribution in [0.15, 0.2) is 47.6 Å². The lowest BCUT2D eigenvalue weighted by Gasteiger charge is -2.29. The molecule has 0 aliphatic carbocycles. The third-order valence-electron chi connectivity index (χ3n) is 6.13. The summed E-state index contributed by atoms with van der Waals surface area (Å²) in [5.74, 6) is 1.02. The highest BCUT2D eigenvalue weighted by atomic mass is 19.1. The minimum Gasteiger partial charge on any atom is -0.356 e. The summed E-state index contributed by atoms with van der Waals surface area (Å²) in [6.45, 7) is 3.59. The Kier molecular flexibility index (Phi) is 7.19. The minimum absolute atomic E-state index is 0.164. The van der Waals surface area contributed by atoms with Gasteiger partial charge in [0, 0.05) is 58.4 Å². The molecule has 1 aromatic carbocycles. The molecule has 0 saturated carbocycles. The second-order valence-electron chi connectivity index (χ2n) is 8.32. The van der Waals surface area contributed by atoms with E-state index in [2.05, 4.69) is 38.8 Å². The zero-order chi connectivity index (χ0) is 22.3.